The third-order valence-electron chi connectivity index (χ3n) is 4.36. The molecule has 0 aromatic heterocycles. The SMILES string of the molecule is CCNC1CC(Oc2ccc(Br)cc2F)C1(C)CC. The van der Waals surface area contributed by atoms with Crippen molar-refractivity contribution in [1.82, 2.24) is 5.32 Å². The maximum Gasteiger partial charge on any atom is 0.166 e. The minimum absolute atomic E-state index is 0.0789. The van der Waals surface area contributed by atoms with Crippen LogP contribution in [0.5, 0.6) is 5.75 Å². The summed E-state index contributed by atoms with van der Waals surface area (Å²) in [6.45, 7) is 7.45. The maximum absolute atomic E-state index is 13.8. The Hall–Kier alpha value is -0.610. The molecule has 1 aliphatic carbocycles. The summed E-state index contributed by atoms with van der Waals surface area (Å²) in [6, 6.07) is 5.41. The highest BCUT2D eigenvalue weighted by atomic mass is 79.9. The van der Waals surface area contributed by atoms with Crippen molar-refractivity contribution < 1.29 is 9.13 Å². The van der Waals surface area contributed by atoms with Crippen molar-refractivity contribution in [2.45, 2.75) is 45.8 Å². The molecule has 0 heterocycles. The maximum atomic E-state index is 13.8. The Morgan fingerprint density at radius 2 is 2.21 bits per heavy atom. The third kappa shape index (κ3) is 2.79. The molecule has 0 radical (unpaired) electrons. The normalized spacial score (nSPS) is 29.9. The molecule has 1 saturated carbocycles. The summed E-state index contributed by atoms with van der Waals surface area (Å²) in [6.07, 6.45) is 2.04. The van der Waals surface area contributed by atoms with Crippen LogP contribution in [0.1, 0.15) is 33.6 Å². The van der Waals surface area contributed by atoms with Crippen LogP contribution in [0.25, 0.3) is 0 Å². The topological polar surface area (TPSA) is 21.3 Å². The highest BCUT2D eigenvalue weighted by molar-refractivity contribution is 9.10. The number of hydrogen-bond donors (Lipinski definition) is 1. The fourth-order valence-electron chi connectivity index (χ4n) is 2.76. The molecule has 3 unspecified atom stereocenters. The number of nitrogens with one attached hydrogen (secondary N) is 1. The van der Waals surface area contributed by atoms with Gasteiger partial charge in [-0.15, -0.1) is 0 Å². The Morgan fingerprint density at radius 1 is 1.47 bits per heavy atom. The second-order valence-electron chi connectivity index (χ2n) is 5.39. The van der Waals surface area contributed by atoms with Gasteiger partial charge in [0.05, 0.1) is 0 Å². The van der Waals surface area contributed by atoms with E-state index in [4.69, 9.17) is 4.74 Å². The summed E-state index contributed by atoms with van der Waals surface area (Å²) in [4.78, 5) is 0. The lowest BCUT2D eigenvalue weighted by Crippen LogP contribution is -2.63. The third-order valence-corrected chi connectivity index (χ3v) is 4.85. The number of rotatable bonds is 5. The first-order valence-corrected chi connectivity index (χ1v) is 7.65. The van der Waals surface area contributed by atoms with Crippen LogP contribution < -0.4 is 10.1 Å². The lowest BCUT2D eigenvalue weighted by molar-refractivity contribution is -0.0712. The van der Waals surface area contributed by atoms with Crippen molar-refractivity contribution in [3.05, 3.63) is 28.5 Å². The van der Waals surface area contributed by atoms with Crippen molar-refractivity contribution >= 4 is 15.9 Å². The van der Waals surface area contributed by atoms with E-state index in [0.717, 1.165) is 23.9 Å². The van der Waals surface area contributed by atoms with E-state index in [1.807, 2.05) is 6.07 Å². The highest BCUT2D eigenvalue weighted by Crippen LogP contribution is 2.46. The molecule has 0 amide bonds. The molecule has 1 aliphatic rings. The van der Waals surface area contributed by atoms with Crippen LogP contribution in [0.2, 0.25) is 0 Å². The fraction of sp³-hybridized carbons (Fsp3) is 0.600. The zero-order valence-electron chi connectivity index (χ0n) is 11.7. The van der Waals surface area contributed by atoms with E-state index in [-0.39, 0.29) is 17.3 Å². The summed E-state index contributed by atoms with van der Waals surface area (Å²) in [5.74, 6) is 0.0440. The first-order valence-electron chi connectivity index (χ1n) is 6.86. The van der Waals surface area contributed by atoms with Crippen LogP contribution in [0.3, 0.4) is 0 Å². The van der Waals surface area contributed by atoms with Crippen molar-refractivity contribution in [1.29, 1.82) is 0 Å². The van der Waals surface area contributed by atoms with Gasteiger partial charge in [-0.25, -0.2) is 4.39 Å². The van der Waals surface area contributed by atoms with E-state index in [2.05, 4.69) is 42.0 Å². The molecule has 4 heteroatoms. The molecule has 0 aliphatic heterocycles. The van der Waals surface area contributed by atoms with Gasteiger partial charge in [-0.3, -0.25) is 0 Å². The molecule has 1 aromatic carbocycles. The first-order chi connectivity index (χ1) is 9.01. The van der Waals surface area contributed by atoms with Gasteiger partial charge >= 0.3 is 0 Å². The monoisotopic (exact) mass is 329 g/mol. The van der Waals surface area contributed by atoms with E-state index < -0.39 is 0 Å². The van der Waals surface area contributed by atoms with Crippen molar-refractivity contribution in [3.8, 4) is 5.75 Å². The highest BCUT2D eigenvalue weighted by Gasteiger charge is 2.51. The molecule has 2 nitrogen and oxygen atoms in total. The van der Waals surface area contributed by atoms with Gasteiger partial charge < -0.3 is 10.1 Å². The van der Waals surface area contributed by atoms with Gasteiger partial charge in [0.1, 0.15) is 6.10 Å². The summed E-state index contributed by atoms with van der Waals surface area (Å²) >= 11 is 3.25. The lowest BCUT2D eigenvalue weighted by atomic mass is 9.61. The van der Waals surface area contributed by atoms with Crippen molar-refractivity contribution in [2.75, 3.05) is 6.54 Å². The van der Waals surface area contributed by atoms with Crippen LogP contribution in [-0.2, 0) is 0 Å². The van der Waals surface area contributed by atoms with Gasteiger partial charge in [-0.2, -0.15) is 0 Å². The molecule has 19 heavy (non-hydrogen) atoms. The van der Waals surface area contributed by atoms with Gasteiger partial charge in [0.25, 0.3) is 0 Å². The molecule has 1 fully saturated rings. The number of hydrogen-bond acceptors (Lipinski definition) is 2. The molecule has 3 atom stereocenters. The largest absolute Gasteiger partial charge is 0.487 e. The van der Waals surface area contributed by atoms with Gasteiger partial charge in [-0.05, 0) is 31.2 Å². The summed E-state index contributed by atoms with van der Waals surface area (Å²) in [5.41, 5.74) is 0.0789. The second-order valence-corrected chi connectivity index (χ2v) is 6.30. The smallest absolute Gasteiger partial charge is 0.166 e. The predicted octanol–water partition coefficient (Wildman–Crippen LogP) is 4.13. The summed E-state index contributed by atoms with van der Waals surface area (Å²) in [7, 11) is 0. The van der Waals surface area contributed by atoms with E-state index >= 15 is 0 Å². The molecule has 0 bridgehead atoms. The number of benzene rings is 1. The Labute approximate surface area is 122 Å². The molecule has 1 N–H and O–H groups in total. The predicted molar refractivity (Wildman–Crippen MR) is 79.0 cm³/mol. The van der Waals surface area contributed by atoms with Crippen LogP contribution in [0.15, 0.2) is 22.7 Å². The molecule has 0 spiro atoms. The standard InChI is InChI=1S/C15H21BrFNO/c1-4-15(3)13(18-5-2)9-14(15)19-12-7-6-10(16)8-11(12)17/h6-8,13-14,18H,4-5,9H2,1-3H3. The average molecular weight is 330 g/mol. The van der Waals surface area contributed by atoms with Crippen LogP contribution >= 0.6 is 15.9 Å². The quantitative estimate of drug-likeness (QED) is 0.876. The van der Waals surface area contributed by atoms with E-state index in [1.54, 1.807) is 6.07 Å². The summed E-state index contributed by atoms with van der Waals surface area (Å²) < 4.78 is 20.4. The Kier molecular flexibility index (Phi) is 4.51. The van der Waals surface area contributed by atoms with Gasteiger partial charge in [0.2, 0.25) is 0 Å². The van der Waals surface area contributed by atoms with E-state index in [9.17, 15) is 4.39 Å². The fourth-order valence-corrected chi connectivity index (χ4v) is 3.09. The second kappa shape index (κ2) is 5.80. The van der Waals surface area contributed by atoms with Crippen molar-refractivity contribution in [3.63, 3.8) is 0 Å². The Balaban J connectivity index is 2.08. The zero-order chi connectivity index (χ0) is 14.0. The minimum Gasteiger partial charge on any atom is -0.487 e. The average Bonchev–Trinajstić information content (AvgIpc) is 2.39. The zero-order valence-corrected chi connectivity index (χ0v) is 13.3. The molecule has 1 aromatic rings. The molecule has 106 valence electrons. The minimum atomic E-state index is -0.306. The first kappa shape index (κ1) is 14.8. The number of ether oxygens (including phenoxy) is 1. The van der Waals surface area contributed by atoms with Gasteiger partial charge in [0, 0.05) is 22.4 Å². The van der Waals surface area contributed by atoms with E-state index in [1.165, 1.54) is 6.07 Å². The van der Waals surface area contributed by atoms with E-state index in [0.29, 0.717) is 11.8 Å². The molecular formula is C15H21BrFNO. The Bertz CT molecular complexity index is 454. The van der Waals surface area contributed by atoms with Gasteiger partial charge in [0.15, 0.2) is 11.6 Å². The molecular weight excluding hydrogens is 309 g/mol. The summed E-state index contributed by atoms with van der Waals surface area (Å²) in [5, 5.41) is 3.48. The molecule has 2 rings (SSSR count). The van der Waals surface area contributed by atoms with Crippen molar-refractivity contribution in [2.24, 2.45) is 5.41 Å². The Morgan fingerprint density at radius 3 is 2.79 bits per heavy atom. The van der Waals surface area contributed by atoms with Crippen LogP contribution in [0, 0.1) is 11.2 Å². The van der Waals surface area contributed by atoms with Crippen LogP contribution in [0.4, 0.5) is 4.39 Å². The molecule has 0 saturated heterocycles. The lowest BCUT2D eigenvalue weighted by Gasteiger charge is -2.53. The van der Waals surface area contributed by atoms with Gasteiger partial charge in [-0.1, -0.05) is 36.7 Å². The number of halogens is 2. The van der Waals surface area contributed by atoms with Crippen LogP contribution in [-0.4, -0.2) is 18.7 Å².